The molecular weight excluding hydrogens is 166 g/mol. The number of rotatable bonds is 3. The van der Waals surface area contributed by atoms with Crippen LogP contribution in [0.15, 0.2) is 0 Å². The van der Waals surface area contributed by atoms with Gasteiger partial charge in [0, 0.05) is 6.92 Å². The maximum Gasteiger partial charge on any atom is 0.302 e. The first kappa shape index (κ1) is 10.5. The molecule has 0 radical (unpaired) electrons. The summed E-state index contributed by atoms with van der Waals surface area (Å²) in [5, 5.41) is 3.19. The minimum absolute atomic E-state index is 0.142. The second-order valence-corrected chi connectivity index (χ2v) is 3.81. The predicted octanol–water partition coefficient (Wildman–Crippen LogP) is 1.33. The Bertz CT molecular complexity index is 162. The van der Waals surface area contributed by atoms with Gasteiger partial charge < -0.3 is 10.1 Å². The summed E-state index contributed by atoms with van der Waals surface area (Å²) in [5.41, 5.74) is 0. The summed E-state index contributed by atoms with van der Waals surface area (Å²) in [6, 6.07) is 0. The van der Waals surface area contributed by atoms with E-state index in [0.717, 1.165) is 25.3 Å². The Morgan fingerprint density at radius 1 is 1.38 bits per heavy atom. The lowest BCUT2D eigenvalue weighted by molar-refractivity contribution is -0.148. The Morgan fingerprint density at radius 3 is 2.46 bits per heavy atom. The van der Waals surface area contributed by atoms with Crippen molar-refractivity contribution in [3.63, 3.8) is 0 Å². The van der Waals surface area contributed by atoms with E-state index in [1.807, 2.05) is 7.05 Å². The molecule has 1 fully saturated rings. The Labute approximate surface area is 79.8 Å². The van der Waals surface area contributed by atoms with Crippen LogP contribution in [0.5, 0.6) is 0 Å². The van der Waals surface area contributed by atoms with Gasteiger partial charge in [0.1, 0.15) is 6.10 Å². The fraction of sp³-hybridized carbons (Fsp3) is 0.900. The molecule has 0 spiro atoms. The van der Waals surface area contributed by atoms with Gasteiger partial charge in [-0.25, -0.2) is 0 Å². The van der Waals surface area contributed by atoms with Crippen molar-refractivity contribution in [3.8, 4) is 0 Å². The molecule has 0 aromatic rings. The van der Waals surface area contributed by atoms with Crippen LogP contribution in [0.1, 0.15) is 32.6 Å². The highest BCUT2D eigenvalue weighted by Gasteiger charge is 2.22. The molecule has 0 aliphatic heterocycles. The summed E-state index contributed by atoms with van der Waals surface area (Å²) in [6.07, 6.45) is 4.61. The Balaban J connectivity index is 2.18. The van der Waals surface area contributed by atoms with Crippen molar-refractivity contribution in [1.82, 2.24) is 5.32 Å². The van der Waals surface area contributed by atoms with Crippen LogP contribution in [0.2, 0.25) is 0 Å². The minimum atomic E-state index is -0.142. The number of esters is 1. The topological polar surface area (TPSA) is 38.3 Å². The molecule has 0 saturated heterocycles. The number of carbonyl (C=O) groups excluding carboxylic acids is 1. The van der Waals surface area contributed by atoms with E-state index in [1.54, 1.807) is 0 Å². The highest BCUT2D eigenvalue weighted by molar-refractivity contribution is 5.66. The third-order valence-corrected chi connectivity index (χ3v) is 2.62. The molecule has 1 saturated carbocycles. The van der Waals surface area contributed by atoms with Gasteiger partial charge in [0.15, 0.2) is 0 Å². The SMILES string of the molecule is CNCC1CCC(OC(C)=O)CC1. The molecule has 3 nitrogen and oxygen atoms in total. The van der Waals surface area contributed by atoms with Gasteiger partial charge in [-0.05, 0) is 45.2 Å². The summed E-state index contributed by atoms with van der Waals surface area (Å²) in [6.45, 7) is 2.58. The molecule has 76 valence electrons. The first-order chi connectivity index (χ1) is 6.22. The third kappa shape index (κ3) is 3.77. The zero-order valence-electron chi connectivity index (χ0n) is 8.51. The molecule has 0 aromatic heterocycles. The molecule has 0 bridgehead atoms. The fourth-order valence-corrected chi connectivity index (χ4v) is 1.98. The van der Waals surface area contributed by atoms with Gasteiger partial charge in [-0.1, -0.05) is 0 Å². The molecule has 1 rings (SSSR count). The van der Waals surface area contributed by atoms with E-state index in [0.29, 0.717) is 0 Å². The molecular formula is C10H19NO2. The van der Waals surface area contributed by atoms with E-state index in [2.05, 4.69) is 5.32 Å². The van der Waals surface area contributed by atoms with Crippen molar-refractivity contribution < 1.29 is 9.53 Å². The number of carbonyl (C=O) groups is 1. The number of ether oxygens (including phenoxy) is 1. The average molecular weight is 185 g/mol. The second-order valence-electron chi connectivity index (χ2n) is 3.81. The maximum atomic E-state index is 10.7. The van der Waals surface area contributed by atoms with Gasteiger partial charge in [-0.2, -0.15) is 0 Å². The molecule has 0 heterocycles. The third-order valence-electron chi connectivity index (χ3n) is 2.62. The quantitative estimate of drug-likeness (QED) is 0.674. The maximum absolute atomic E-state index is 10.7. The van der Waals surface area contributed by atoms with Gasteiger partial charge in [-0.3, -0.25) is 4.79 Å². The second kappa shape index (κ2) is 5.22. The lowest BCUT2D eigenvalue weighted by Gasteiger charge is -2.27. The Morgan fingerprint density at radius 2 is 2.00 bits per heavy atom. The van der Waals surface area contributed by atoms with E-state index in [1.165, 1.54) is 19.8 Å². The summed E-state index contributed by atoms with van der Waals surface area (Å²) >= 11 is 0. The van der Waals surface area contributed by atoms with Crippen molar-refractivity contribution in [3.05, 3.63) is 0 Å². The fourth-order valence-electron chi connectivity index (χ4n) is 1.98. The van der Waals surface area contributed by atoms with E-state index in [9.17, 15) is 4.79 Å². The van der Waals surface area contributed by atoms with Crippen LogP contribution >= 0.6 is 0 Å². The Kier molecular flexibility index (Phi) is 4.22. The van der Waals surface area contributed by atoms with E-state index >= 15 is 0 Å². The van der Waals surface area contributed by atoms with Crippen LogP contribution in [0.25, 0.3) is 0 Å². The van der Waals surface area contributed by atoms with E-state index in [4.69, 9.17) is 4.74 Å². The lowest BCUT2D eigenvalue weighted by Crippen LogP contribution is -2.28. The number of hydrogen-bond acceptors (Lipinski definition) is 3. The largest absolute Gasteiger partial charge is 0.463 e. The monoisotopic (exact) mass is 185 g/mol. The van der Waals surface area contributed by atoms with Crippen LogP contribution in [-0.2, 0) is 9.53 Å². The van der Waals surface area contributed by atoms with Crippen molar-refractivity contribution >= 4 is 5.97 Å². The Hall–Kier alpha value is -0.570. The van der Waals surface area contributed by atoms with Gasteiger partial charge >= 0.3 is 5.97 Å². The minimum Gasteiger partial charge on any atom is -0.463 e. The summed E-state index contributed by atoms with van der Waals surface area (Å²) in [7, 11) is 1.98. The molecule has 0 atom stereocenters. The molecule has 1 aliphatic rings. The standard InChI is InChI=1S/C10H19NO2/c1-8(12)13-10-5-3-9(4-6-10)7-11-2/h9-11H,3-7H2,1-2H3. The molecule has 1 N–H and O–H groups in total. The van der Waals surface area contributed by atoms with Crippen molar-refractivity contribution in [1.29, 1.82) is 0 Å². The van der Waals surface area contributed by atoms with Crippen molar-refractivity contribution in [2.24, 2.45) is 5.92 Å². The number of hydrogen-bond donors (Lipinski definition) is 1. The zero-order valence-corrected chi connectivity index (χ0v) is 8.51. The van der Waals surface area contributed by atoms with Crippen LogP contribution in [0.3, 0.4) is 0 Å². The summed E-state index contributed by atoms with van der Waals surface area (Å²) < 4.78 is 5.16. The predicted molar refractivity (Wildman–Crippen MR) is 51.4 cm³/mol. The van der Waals surface area contributed by atoms with Gasteiger partial charge in [0.05, 0.1) is 0 Å². The zero-order chi connectivity index (χ0) is 9.68. The molecule has 1 aliphatic carbocycles. The van der Waals surface area contributed by atoms with Crippen molar-refractivity contribution in [2.75, 3.05) is 13.6 Å². The summed E-state index contributed by atoms with van der Waals surface area (Å²) in [4.78, 5) is 10.7. The molecule has 3 heteroatoms. The first-order valence-corrected chi connectivity index (χ1v) is 5.04. The highest BCUT2D eigenvalue weighted by Crippen LogP contribution is 2.25. The average Bonchev–Trinajstić information content (AvgIpc) is 2.08. The van der Waals surface area contributed by atoms with Gasteiger partial charge in [0.25, 0.3) is 0 Å². The first-order valence-electron chi connectivity index (χ1n) is 5.04. The van der Waals surface area contributed by atoms with Gasteiger partial charge in [-0.15, -0.1) is 0 Å². The summed E-state index contributed by atoms with van der Waals surface area (Å²) in [5.74, 6) is 0.633. The van der Waals surface area contributed by atoms with Crippen molar-refractivity contribution in [2.45, 2.75) is 38.7 Å². The van der Waals surface area contributed by atoms with Crippen LogP contribution in [0.4, 0.5) is 0 Å². The lowest BCUT2D eigenvalue weighted by atomic mass is 9.87. The van der Waals surface area contributed by atoms with Crippen LogP contribution < -0.4 is 5.32 Å². The molecule has 0 aromatic carbocycles. The van der Waals surface area contributed by atoms with Gasteiger partial charge in [0.2, 0.25) is 0 Å². The number of nitrogens with one attached hydrogen (secondary N) is 1. The molecule has 0 unspecified atom stereocenters. The van der Waals surface area contributed by atoms with Crippen LogP contribution in [0, 0.1) is 5.92 Å². The molecule has 13 heavy (non-hydrogen) atoms. The van der Waals surface area contributed by atoms with E-state index < -0.39 is 0 Å². The highest BCUT2D eigenvalue weighted by atomic mass is 16.5. The van der Waals surface area contributed by atoms with Crippen LogP contribution in [-0.4, -0.2) is 25.7 Å². The molecule has 0 amide bonds. The normalized spacial score (nSPS) is 28.5. The smallest absolute Gasteiger partial charge is 0.302 e. The van der Waals surface area contributed by atoms with E-state index in [-0.39, 0.29) is 12.1 Å².